The summed E-state index contributed by atoms with van der Waals surface area (Å²) in [5.41, 5.74) is -5.88. The summed E-state index contributed by atoms with van der Waals surface area (Å²) in [5.74, 6) is 0.0738. The van der Waals surface area contributed by atoms with Gasteiger partial charge in [0, 0.05) is 24.2 Å². The first-order valence-corrected chi connectivity index (χ1v) is 13.6. The lowest BCUT2D eigenvalue weighted by Gasteiger charge is -2.33. The van der Waals surface area contributed by atoms with Crippen molar-refractivity contribution in [1.82, 2.24) is 15.2 Å². The number of aromatic nitrogens is 1. The highest BCUT2D eigenvalue weighted by atomic mass is 19.4. The normalized spacial score (nSPS) is 18.7. The molecule has 2 aliphatic heterocycles. The Kier molecular flexibility index (Phi) is 7.77. The summed E-state index contributed by atoms with van der Waals surface area (Å²) >= 11 is 0. The highest BCUT2D eigenvalue weighted by Gasteiger charge is 2.71. The molecule has 44 heavy (non-hydrogen) atoms. The minimum Gasteiger partial charge on any atom is -0.493 e. The molecule has 0 aliphatic carbocycles. The Labute approximate surface area is 247 Å². The number of fused-ring (bicyclic) bond motifs is 1. The number of nitrogens with one attached hydrogen (secondary N) is 1. The number of urea groups is 1. The summed E-state index contributed by atoms with van der Waals surface area (Å²) in [6, 6.07) is 9.61. The molecule has 2 aliphatic rings. The van der Waals surface area contributed by atoms with Crippen molar-refractivity contribution in [2.24, 2.45) is 0 Å². The Balaban J connectivity index is 1.38. The minimum atomic E-state index is -6.03. The molecule has 0 radical (unpaired) electrons. The molecule has 1 aromatic heterocycles. The van der Waals surface area contributed by atoms with Gasteiger partial charge in [0.2, 0.25) is 5.88 Å². The molecule has 3 heterocycles. The lowest BCUT2D eigenvalue weighted by Crippen LogP contribution is -2.53. The highest BCUT2D eigenvalue weighted by Crippen LogP contribution is 2.50. The molecule has 2 aromatic carbocycles. The van der Waals surface area contributed by atoms with Crippen molar-refractivity contribution < 1.29 is 50.5 Å². The van der Waals surface area contributed by atoms with Crippen molar-refractivity contribution in [2.75, 3.05) is 6.61 Å². The maximum atomic E-state index is 13.5. The number of alkyl halides is 6. The number of pyridine rings is 1. The molecule has 0 spiro atoms. The second-order valence-electron chi connectivity index (χ2n) is 10.8. The van der Waals surface area contributed by atoms with Gasteiger partial charge in [0.15, 0.2) is 0 Å². The number of ether oxygens (including phenoxy) is 2. The number of amides is 3. The van der Waals surface area contributed by atoms with E-state index in [4.69, 9.17) is 9.47 Å². The molecule has 14 heteroatoms. The molecular formula is C30H27F6N3O5. The summed E-state index contributed by atoms with van der Waals surface area (Å²) in [4.78, 5) is 31.5. The van der Waals surface area contributed by atoms with E-state index in [-0.39, 0.29) is 30.2 Å². The van der Waals surface area contributed by atoms with Crippen LogP contribution in [0.3, 0.4) is 0 Å². The molecule has 3 amide bonds. The van der Waals surface area contributed by atoms with E-state index in [2.05, 4.69) is 10.3 Å². The molecule has 1 saturated heterocycles. The molecule has 5 rings (SSSR count). The standard InChI is InChI=1S/C30H27F6N3O5/c1-3-4-18-15-21(28(42,29(31,32)33)30(34,35)36)6-8-23(18)44-24-13-17(9-11-37-24)16-39-25(40)27(2,38-26(39)41)20-5-7-22-19(14-20)10-12-43-22/h5-9,11,13-15,42H,3-4,10,12,16H2,1-2H3,(H,38,41). The summed E-state index contributed by atoms with van der Waals surface area (Å²) in [5, 5.41) is 12.6. The zero-order valence-corrected chi connectivity index (χ0v) is 23.5. The smallest absolute Gasteiger partial charge is 0.430 e. The molecule has 8 nitrogen and oxygen atoms in total. The van der Waals surface area contributed by atoms with E-state index in [0.717, 1.165) is 22.3 Å². The Bertz CT molecular complexity index is 1590. The number of carbonyl (C=O) groups is 2. The molecule has 1 unspecified atom stereocenters. The van der Waals surface area contributed by atoms with Crippen LogP contribution in [-0.4, -0.2) is 45.9 Å². The van der Waals surface area contributed by atoms with E-state index < -0.39 is 41.0 Å². The molecule has 1 atom stereocenters. The number of hydrogen-bond acceptors (Lipinski definition) is 6. The van der Waals surface area contributed by atoms with Gasteiger partial charge in [-0.05, 0) is 65.9 Å². The lowest BCUT2D eigenvalue weighted by atomic mass is 9.90. The van der Waals surface area contributed by atoms with Gasteiger partial charge in [-0.15, -0.1) is 0 Å². The maximum Gasteiger partial charge on any atom is 0.430 e. The number of halogens is 6. The first-order valence-electron chi connectivity index (χ1n) is 13.6. The van der Waals surface area contributed by atoms with Gasteiger partial charge in [0.05, 0.1) is 13.2 Å². The zero-order valence-electron chi connectivity index (χ0n) is 23.5. The number of imide groups is 1. The zero-order chi connectivity index (χ0) is 32.1. The Morgan fingerprint density at radius 2 is 1.77 bits per heavy atom. The number of rotatable bonds is 8. The predicted octanol–water partition coefficient (Wildman–Crippen LogP) is 6.04. The van der Waals surface area contributed by atoms with Crippen LogP contribution in [0.2, 0.25) is 0 Å². The molecule has 0 bridgehead atoms. The number of carbonyl (C=O) groups excluding carboxylic acids is 2. The van der Waals surface area contributed by atoms with Crippen molar-refractivity contribution >= 4 is 11.9 Å². The highest BCUT2D eigenvalue weighted by molar-refractivity contribution is 6.07. The Morgan fingerprint density at radius 3 is 2.45 bits per heavy atom. The average molecular weight is 624 g/mol. The van der Waals surface area contributed by atoms with Crippen LogP contribution in [0.1, 0.15) is 48.1 Å². The molecular weight excluding hydrogens is 596 g/mol. The molecule has 3 aromatic rings. The maximum absolute atomic E-state index is 13.5. The van der Waals surface area contributed by atoms with E-state index in [1.807, 2.05) is 6.07 Å². The predicted molar refractivity (Wildman–Crippen MR) is 143 cm³/mol. The van der Waals surface area contributed by atoms with E-state index in [1.54, 1.807) is 26.0 Å². The van der Waals surface area contributed by atoms with Crippen molar-refractivity contribution in [3.8, 4) is 17.4 Å². The average Bonchev–Trinajstić information content (AvgIpc) is 3.51. The van der Waals surface area contributed by atoms with E-state index >= 15 is 0 Å². The number of hydrogen-bond donors (Lipinski definition) is 2. The van der Waals surface area contributed by atoms with Crippen LogP contribution in [-0.2, 0) is 35.3 Å². The van der Waals surface area contributed by atoms with Gasteiger partial charge in [-0.2, -0.15) is 26.3 Å². The van der Waals surface area contributed by atoms with Gasteiger partial charge < -0.3 is 19.9 Å². The summed E-state index contributed by atoms with van der Waals surface area (Å²) in [6.07, 6.45) is -9.69. The fourth-order valence-electron chi connectivity index (χ4n) is 5.29. The second-order valence-corrected chi connectivity index (χ2v) is 10.8. The van der Waals surface area contributed by atoms with Gasteiger partial charge in [-0.1, -0.05) is 25.5 Å². The van der Waals surface area contributed by atoms with Crippen molar-refractivity contribution in [1.29, 1.82) is 0 Å². The molecule has 2 N–H and O–H groups in total. The van der Waals surface area contributed by atoms with Crippen LogP contribution >= 0.6 is 0 Å². The van der Waals surface area contributed by atoms with Gasteiger partial charge in [0.25, 0.3) is 11.5 Å². The lowest BCUT2D eigenvalue weighted by molar-refractivity contribution is -0.376. The summed E-state index contributed by atoms with van der Waals surface area (Å²) < 4.78 is 91.9. The van der Waals surface area contributed by atoms with Crippen molar-refractivity contribution in [2.45, 2.75) is 63.1 Å². The fourth-order valence-corrected chi connectivity index (χ4v) is 5.29. The van der Waals surface area contributed by atoms with Gasteiger partial charge in [0.1, 0.15) is 17.0 Å². The fraction of sp³-hybridized carbons (Fsp3) is 0.367. The van der Waals surface area contributed by atoms with Gasteiger partial charge in [-0.3, -0.25) is 9.69 Å². The van der Waals surface area contributed by atoms with Crippen molar-refractivity contribution in [3.05, 3.63) is 82.5 Å². The minimum absolute atomic E-state index is 0.0197. The summed E-state index contributed by atoms with van der Waals surface area (Å²) in [7, 11) is 0. The van der Waals surface area contributed by atoms with Crippen LogP contribution < -0.4 is 14.8 Å². The topological polar surface area (TPSA) is 101 Å². The van der Waals surface area contributed by atoms with Crippen LogP contribution in [0, 0.1) is 0 Å². The van der Waals surface area contributed by atoms with Crippen molar-refractivity contribution in [3.63, 3.8) is 0 Å². The number of aryl methyl sites for hydroxylation is 1. The second kappa shape index (κ2) is 11.0. The van der Waals surface area contributed by atoms with E-state index in [0.29, 0.717) is 42.7 Å². The van der Waals surface area contributed by atoms with Crippen LogP contribution in [0.5, 0.6) is 17.4 Å². The third-order valence-electron chi connectivity index (χ3n) is 7.71. The van der Waals surface area contributed by atoms with Crippen LogP contribution in [0.4, 0.5) is 31.1 Å². The molecule has 0 saturated carbocycles. The van der Waals surface area contributed by atoms with E-state index in [9.17, 15) is 41.0 Å². The van der Waals surface area contributed by atoms with E-state index in [1.165, 1.54) is 18.3 Å². The molecule has 1 fully saturated rings. The third kappa shape index (κ3) is 5.31. The largest absolute Gasteiger partial charge is 0.493 e. The first kappa shape index (κ1) is 31.1. The quantitative estimate of drug-likeness (QED) is 0.235. The van der Waals surface area contributed by atoms with Gasteiger partial charge >= 0.3 is 18.4 Å². The first-order chi connectivity index (χ1) is 20.6. The third-order valence-corrected chi connectivity index (χ3v) is 7.71. The molecule has 234 valence electrons. The van der Waals surface area contributed by atoms with Crippen LogP contribution in [0.15, 0.2) is 54.7 Å². The number of aliphatic hydroxyl groups is 1. The van der Waals surface area contributed by atoms with Crippen LogP contribution in [0.25, 0.3) is 0 Å². The number of nitrogens with zero attached hydrogens (tertiary/aromatic N) is 2. The Hall–Kier alpha value is -4.33. The number of benzene rings is 2. The SMILES string of the molecule is CCCc1cc(C(O)(C(F)(F)F)C(F)(F)F)ccc1Oc1cc(CN2C(=O)NC(C)(c3ccc4c(c3)CCO4)C2=O)ccn1. The van der Waals surface area contributed by atoms with Gasteiger partial charge in [-0.25, -0.2) is 9.78 Å². The monoisotopic (exact) mass is 623 g/mol. The Morgan fingerprint density at radius 1 is 1.05 bits per heavy atom. The summed E-state index contributed by atoms with van der Waals surface area (Å²) in [6.45, 7) is 3.63.